The summed E-state index contributed by atoms with van der Waals surface area (Å²) in [5, 5.41) is 20.5. The molecule has 1 saturated heterocycles. The number of ether oxygens (including phenoxy) is 1. The molecule has 2 N–H and O–H groups in total. The van der Waals surface area contributed by atoms with E-state index in [9.17, 15) is 15.0 Å². The molecule has 6 heteroatoms. The van der Waals surface area contributed by atoms with Gasteiger partial charge in [-0.15, -0.1) is 0 Å². The van der Waals surface area contributed by atoms with Crippen molar-refractivity contribution in [1.29, 1.82) is 0 Å². The summed E-state index contributed by atoms with van der Waals surface area (Å²) in [7, 11) is -2.06. The van der Waals surface area contributed by atoms with E-state index in [2.05, 4.69) is 33.9 Å². The van der Waals surface area contributed by atoms with Crippen LogP contribution >= 0.6 is 0 Å². The Morgan fingerprint density at radius 1 is 1.37 bits per heavy atom. The van der Waals surface area contributed by atoms with Gasteiger partial charge >= 0.3 is 5.97 Å². The molecule has 110 valence electrons. The molecule has 0 aromatic heterocycles. The molecule has 1 heterocycles. The molecule has 1 aliphatic heterocycles. The summed E-state index contributed by atoms with van der Waals surface area (Å²) in [6, 6.07) is 0. The molecular formula is C13H24O5Si. The van der Waals surface area contributed by atoms with E-state index in [-0.39, 0.29) is 17.9 Å². The molecule has 1 aliphatic carbocycles. The summed E-state index contributed by atoms with van der Waals surface area (Å²) in [6.07, 6.45) is -1.72. The standard InChI is InChI=1S/C13H24O5Si/c1-12(2,3)19(4,5)18-9-7-13(16)6-8(10(9)14)17-11(13)15/h8-10,14,16H,6-7H2,1-5H3/t8-,9-,10+,13-/m1/s1. The van der Waals surface area contributed by atoms with Gasteiger partial charge in [0.2, 0.25) is 0 Å². The molecule has 0 radical (unpaired) electrons. The lowest BCUT2D eigenvalue weighted by atomic mass is 9.82. The van der Waals surface area contributed by atoms with Crippen LogP contribution in [0, 0.1) is 0 Å². The zero-order valence-electron chi connectivity index (χ0n) is 12.3. The van der Waals surface area contributed by atoms with Crippen LogP contribution in [0.4, 0.5) is 0 Å². The number of carbonyl (C=O) groups is 1. The Morgan fingerprint density at radius 2 is 1.95 bits per heavy atom. The van der Waals surface area contributed by atoms with Gasteiger partial charge in [0.25, 0.3) is 0 Å². The average Bonchev–Trinajstić information content (AvgIpc) is 2.46. The Bertz CT molecular complexity index is 389. The van der Waals surface area contributed by atoms with E-state index in [1.807, 2.05) is 0 Å². The van der Waals surface area contributed by atoms with Gasteiger partial charge in [-0.1, -0.05) is 20.8 Å². The molecule has 2 aliphatic rings. The summed E-state index contributed by atoms with van der Waals surface area (Å²) >= 11 is 0. The lowest BCUT2D eigenvalue weighted by Crippen LogP contribution is -2.55. The van der Waals surface area contributed by atoms with Crippen LogP contribution < -0.4 is 0 Å². The lowest BCUT2D eigenvalue weighted by molar-refractivity contribution is -0.154. The Hall–Kier alpha value is -0.433. The third kappa shape index (κ3) is 2.46. The fourth-order valence-corrected chi connectivity index (χ4v) is 3.75. The van der Waals surface area contributed by atoms with E-state index >= 15 is 0 Å². The van der Waals surface area contributed by atoms with Crippen molar-refractivity contribution in [3.05, 3.63) is 0 Å². The first-order valence-corrected chi connectivity index (χ1v) is 9.66. The molecule has 0 unspecified atom stereocenters. The number of rotatable bonds is 2. The molecule has 0 aromatic carbocycles. The van der Waals surface area contributed by atoms with Crippen LogP contribution in [0.1, 0.15) is 33.6 Å². The first-order valence-electron chi connectivity index (χ1n) is 6.76. The second-order valence-electron chi connectivity index (χ2n) is 7.29. The number of aliphatic hydroxyl groups is 2. The highest BCUT2D eigenvalue weighted by Gasteiger charge is 2.58. The van der Waals surface area contributed by atoms with Crippen LogP contribution in [-0.2, 0) is 14.0 Å². The molecule has 19 heavy (non-hydrogen) atoms. The van der Waals surface area contributed by atoms with Gasteiger partial charge in [0, 0.05) is 12.8 Å². The van der Waals surface area contributed by atoms with Gasteiger partial charge in [-0.2, -0.15) is 0 Å². The lowest BCUT2D eigenvalue weighted by Gasteiger charge is -2.43. The maximum absolute atomic E-state index is 11.6. The highest BCUT2D eigenvalue weighted by molar-refractivity contribution is 6.74. The van der Waals surface area contributed by atoms with E-state index in [1.165, 1.54) is 0 Å². The summed E-state index contributed by atoms with van der Waals surface area (Å²) < 4.78 is 11.2. The van der Waals surface area contributed by atoms with Crippen LogP contribution in [0.5, 0.6) is 0 Å². The van der Waals surface area contributed by atoms with E-state index in [0.29, 0.717) is 0 Å². The number of fused-ring (bicyclic) bond motifs is 2. The zero-order chi connectivity index (χ0) is 14.6. The van der Waals surface area contributed by atoms with Crippen LogP contribution in [0.2, 0.25) is 18.1 Å². The number of esters is 1. The normalized spacial score (nSPS) is 39.3. The van der Waals surface area contributed by atoms with Crippen LogP contribution in [-0.4, -0.2) is 48.4 Å². The van der Waals surface area contributed by atoms with Gasteiger partial charge in [0.15, 0.2) is 13.9 Å². The molecule has 2 fully saturated rings. The van der Waals surface area contributed by atoms with E-state index in [4.69, 9.17) is 9.16 Å². The molecule has 5 nitrogen and oxygen atoms in total. The van der Waals surface area contributed by atoms with Gasteiger partial charge in [0.1, 0.15) is 12.2 Å². The Morgan fingerprint density at radius 3 is 2.47 bits per heavy atom. The maximum atomic E-state index is 11.6. The minimum atomic E-state index is -2.06. The largest absolute Gasteiger partial charge is 0.457 e. The van der Waals surface area contributed by atoms with Gasteiger partial charge < -0.3 is 19.4 Å². The van der Waals surface area contributed by atoms with Crippen LogP contribution in [0.25, 0.3) is 0 Å². The van der Waals surface area contributed by atoms with Gasteiger partial charge in [-0.25, -0.2) is 4.79 Å². The number of aliphatic hydroxyl groups excluding tert-OH is 1. The second-order valence-corrected chi connectivity index (χ2v) is 12.0. The fraction of sp³-hybridized carbons (Fsp3) is 0.923. The van der Waals surface area contributed by atoms with E-state index in [0.717, 1.165) is 0 Å². The Kier molecular flexibility index (Phi) is 3.37. The van der Waals surface area contributed by atoms with Crippen LogP contribution in [0.15, 0.2) is 0 Å². The molecule has 0 aromatic rings. The minimum absolute atomic E-state index is 0.0106. The zero-order valence-corrected chi connectivity index (χ0v) is 13.3. The summed E-state index contributed by atoms with van der Waals surface area (Å²) in [5.41, 5.74) is -1.48. The maximum Gasteiger partial charge on any atom is 0.338 e. The third-order valence-corrected chi connectivity index (χ3v) is 9.23. The van der Waals surface area contributed by atoms with Crippen molar-refractivity contribution in [3.8, 4) is 0 Å². The topological polar surface area (TPSA) is 76.0 Å². The Labute approximate surface area is 115 Å². The molecule has 0 amide bonds. The van der Waals surface area contributed by atoms with Crippen molar-refractivity contribution in [2.75, 3.05) is 0 Å². The van der Waals surface area contributed by atoms with Crippen molar-refractivity contribution in [2.45, 2.75) is 75.7 Å². The first-order chi connectivity index (χ1) is 8.46. The van der Waals surface area contributed by atoms with Crippen molar-refractivity contribution in [2.24, 2.45) is 0 Å². The highest BCUT2D eigenvalue weighted by Crippen LogP contribution is 2.43. The molecule has 2 rings (SSSR count). The number of hydrogen-bond acceptors (Lipinski definition) is 5. The average molecular weight is 288 g/mol. The van der Waals surface area contributed by atoms with Gasteiger partial charge in [-0.05, 0) is 18.1 Å². The van der Waals surface area contributed by atoms with Crippen LogP contribution in [0.3, 0.4) is 0 Å². The van der Waals surface area contributed by atoms with E-state index < -0.39 is 38.2 Å². The van der Waals surface area contributed by atoms with E-state index in [1.54, 1.807) is 0 Å². The molecule has 0 spiro atoms. The smallest absolute Gasteiger partial charge is 0.338 e. The SMILES string of the molecule is CC(C)(C)[Si](C)(C)O[C@@H]1C[C@]2(O)C[C@@H](OC2=O)[C@@H]1O. The predicted octanol–water partition coefficient (Wildman–Crippen LogP) is 1.19. The second kappa shape index (κ2) is 4.28. The molecule has 4 atom stereocenters. The summed E-state index contributed by atoms with van der Waals surface area (Å²) in [6.45, 7) is 10.5. The number of carbonyl (C=O) groups excluding carboxylic acids is 1. The molecular weight excluding hydrogens is 264 g/mol. The Balaban J connectivity index is 2.16. The third-order valence-electron chi connectivity index (χ3n) is 4.73. The quantitative estimate of drug-likeness (QED) is 0.589. The highest BCUT2D eigenvalue weighted by atomic mass is 28.4. The molecule has 1 saturated carbocycles. The fourth-order valence-electron chi connectivity index (χ4n) is 2.42. The van der Waals surface area contributed by atoms with Gasteiger partial charge in [-0.3, -0.25) is 0 Å². The first kappa shape index (κ1) is 15.0. The van der Waals surface area contributed by atoms with Crippen molar-refractivity contribution >= 4 is 14.3 Å². The minimum Gasteiger partial charge on any atom is -0.457 e. The van der Waals surface area contributed by atoms with Crippen molar-refractivity contribution < 1.29 is 24.2 Å². The van der Waals surface area contributed by atoms with Crippen molar-refractivity contribution in [1.82, 2.24) is 0 Å². The monoisotopic (exact) mass is 288 g/mol. The molecule has 2 bridgehead atoms. The van der Waals surface area contributed by atoms with Crippen molar-refractivity contribution in [3.63, 3.8) is 0 Å². The predicted molar refractivity (Wildman–Crippen MR) is 72.1 cm³/mol. The summed E-state index contributed by atoms with van der Waals surface area (Å²) in [5.74, 6) is -0.627. The number of hydrogen-bond donors (Lipinski definition) is 2. The van der Waals surface area contributed by atoms with Gasteiger partial charge in [0.05, 0.1) is 6.10 Å². The summed E-state index contributed by atoms with van der Waals surface area (Å²) in [4.78, 5) is 11.6.